The molecule has 0 aromatic carbocycles. The summed E-state index contributed by atoms with van der Waals surface area (Å²) >= 11 is 0. The Hall–Kier alpha value is -2.11. The monoisotopic (exact) mass is 250 g/mol. The van der Waals surface area contributed by atoms with Gasteiger partial charge in [-0.15, -0.1) is 0 Å². The van der Waals surface area contributed by atoms with Crippen molar-refractivity contribution in [3.05, 3.63) is 30.1 Å². The molecule has 18 heavy (non-hydrogen) atoms. The number of pyridine rings is 1. The Labute approximate surface area is 106 Å². The van der Waals surface area contributed by atoms with Crippen LogP contribution in [-0.4, -0.2) is 21.9 Å². The van der Waals surface area contributed by atoms with Crippen molar-refractivity contribution in [2.24, 2.45) is 16.3 Å². The van der Waals surface area contributed by atoms with E-state index >= 15 is 0 Å². The van der Waals surface area contributed by atoms with E-state index in [-0.39, 0.29) is 17.8 Å². The van der Waals surface area contributed by atoms with E-state index in [0.717, 1.165) is 5.69 Å². The number of nitrogens with two attached hydrogens (primary N) is 1. The molecular formula is C12H18N4O2. The maximum atomic E-state index is 12.0. The van der Waals surface area contributed by atoms with Crippen LogP contribution in [0.25, 0.3) is 0 Å². The summed E-state index contributed by atoms with van der Waals surface area (Å²) in [5.74, 6) is -0.454. The topological polar surface area (TPSA) is 101 Å². The van der Waals surface area contributed by atoms with Crippen molar-refractivity contribution < 1.29 is 10.0 Å². The maximum absolute atomic E-state index is 12.0. The molecule has 1 heterocycles. The van der Waals surface area contributed by atoms with Gasteiger partial charge in [-0.1, -0.05) is 11.2 Å². The predicted molar refractivity (Wildman–Crippen MR) is 68.0 cm³/mol. The molecule has 0 bridgehead atoms. The van der Waals surface area contributed by atoms with Gasteiger partial charge in [0.2, 0.25) is 5.91 Å². The van der Waals surface area contributed by atoms with Crippen molar-refractivity contribution in [3.8, 4) is 0 Å². The molecule has 0 saturated heterocycles. The van der Waals surface area contributed by atoms with Gasteiger partial charge in [-0.25, -0.2) is 0 Å². The second-order valence-corrected chi connectivity index (χ2v) is 4.56. The van der Waals surface area contributed by atoms with E-state index in [2.05, 4.69) is 15.5 Å². The molecule has 1 amide bonds. The zero-order valence-corrected chi connectivity index (χ0v) is 10.7. The smallest absolute Gasteiger partial charge is 0.233 e. The lowest BCUT2D eigenvalue weighted by Gasteiger charge is -2.24. The van der Waals surface area contributed by atoms with Crippen LogP contribution in [0, 0.1) is 5.41 Å². The van der Waals surface area contributed by atoms with E-state index in [4.69, 9.17) is 10.9 Å². The Kier molecular flexibility index (Phi) is 4.25. The largest absolute Gasteiger partial charge is 0.409 e. The molecule has 0 aliphatic heterocycles. The number of aromatic nitrogens is 1. The normalized spacial score (nSPS) is 14.1. The third kappa shape index (κ3) is 2.97. The van der Waals surface area contributed by atoms with Gasteiger partial charge in [0, 0.05) is 6.20 Å². The number of carbonyl (C=O) groups excluding carboxylic acids is 1. The summed E-state index contributed by atoms with van der Waals surface area (Å²) in [4.78, 5) is 16.2. The number of carbonyl (C=O) groups is 1. The summed E-state index contributed by atoms with van der Waals surface area (Å²) in [7, 11) is 0. The van der Waals surface area contributed by atoms with E-state index in [9.17, 15) is 4.79 Å². The highest BCUT2D eigenvalue weighted by atomic mass is 16.4. The fourth-order valence-corrected chi connectivity index (χ4v) is 1.32. The Morgan fingerprint density at radius 3 is 2.72 bits per heavy atom. The number of hydrogen-bond donors (Lipinski definition) is 3. The van der Waals surface area contributed by atoms with Gasteiger partial charge in [0.15, 0.2) is 5.84 Å². The van der Waals surface area contributed by atoms with Gasteiger partial charge in [0.1, 0.15) is 5.41 Å². The molecule has 1 aromatic heterocycles. The number of hydrogen-bond acceptors (Lipinski definition) is 4. The summed E-state index contributed by atoms with van der Waals surface area (Å²) in [5.41, 5.74) is 5.17. The van der Waals surface area contributed by atoms with Gasteiger partial charge in [-0.2, -0.15) is 0 Å². The maximum Gasteiger partial charge on any atom is 0.233 e. The Bertz CT molecular complexity index is 443. The molecule has 0 fully saturated rings. The molecular weight excluding hydrogens is 232 g/mol. The van der Waals surface area contributed by atoms with Gasteiger partial charge >= 0.3 is 0 Å². The van der Waals surface area contributed by atoms with E-state index in [1.54, 1.807) is 26.1 Å². The van der Waals surface area contributed by atoms with Gasteiger partial charge in [0.25, 0.3) is 0 Å². The molecule has 6 nitrogen and oxygen atoms in total. The van der Waals surface area contributed by atoms with Crippen LogP contribution in [-0.2, 0) is 4.79 Å². The third-order valence-electron chi connectivity index (χ3n) is 2.79. The molecule has 1 unspecified atom stereocenters. The molecule has 0 radical (unpaired) electrons. The minimum atomic E-state index is -1.07. The van der Waals surface area contributed by atoms with Crippen LogP contribution >= 0.6 is 0 Å². The fourth-order valence-electron chi connectivity index (χ4n) is 1.32. The van der Waals surface area contributed by atoms with E-state index < -0.39 is 5.41 Å². The number of amides is 1. The number of amidine groups is 1. The first-order chi connectivity index (χ1) is 8.39. The molecule has 1 aromatic rings. The highest BCUT2D eigenvalue weighted by molar-refractivity contribution is 6.05. The van der Waals surface area contributed by atoms with Gasteiger partial charge in [-0.05, 0) is 32.9 Å². The first-order valence-corrected chi connectivity index (χ1v) is 5.59. The van der Waals surface area contributed by atoms with Crippen LogP contribution < -0.4 is 11.1 Å². The van der Waals surface area contributed by atoms with Crippen molar-refractivity contribution in [2.45, 2.75) is 26.8 Å². The Morgan fingerprint density at radius 2 is 2.22 bits per heavy atom. The Balaban J connectivity index is 2.77. The van der Waals surface area contributed by atoms with E-state index in [1.165, 1.54) is 0 Å². The van der Waals surface area contributed by atoms with Crippen molar-refractivity contribution in [1.29, 1.82) is 0 Å². The lowest BCUT2D eigenvalue weighted by atomic mass is 9.90. The quantitative estimate of drug-likeness (QED) is 0.321. The van der Waals surface area contributed by atoms with Crippen molar-refractivity contribution in [2.75, 3.05) is 0 Å². The zero-order chi connectivity index (χ0) is 13.8. The second-order valence-electron chi connectivity index (χ2n) is 4.56. The van der Waals surface area contributed by atoms with E-state index in [0.29, 0.717) is 0 Å². The zero-order valence-electron chi connectivity index (χ0n) is 10.7. The van der Waals surface area contributed by atoms with E-state index in [1.807, 2.05) is 19.1 Å². The number of oxime groups is 1. The summed E-state index contributed by atoms with van der Waals surface area (Å²) in [6.07, 6.45) is 1.66. The minimum absolute atomic E-state index is 0.131. The highest BCUT2D eigenvalue weighted by Crippen LogP contribution is 2.18. The van der Waals surface area contributed by atoms with Crippen LogP contribution in [0.15, 0.2) is 29.6 Å². The molecule has 4 N–H and O–H groups in total. The summed E-state index contributed by atoms with van der Waals surface area (Å²) in [5, 5.41) is 14.3. The standard InChI is InChI=1S/C12H18N4O2/c1-8(9-6-4-5-7-14-9)15-11(17)12(2,3)10(13)16-18/h4-8,18H,1-3H3,(H2,13,16)(H,15,17). The summed E-state index contributed by atoms with van der Waals surface area (Å²) < 4.78 is 0. The van der Waals surface area contributed by atoms with Crippen molar-refractivity contribution >= 4 is 11.7 Å². The second kappa shape index (κ2) is 5.48. The average Bonchev–Trinajstić information content (AvgIpc) is 2.38. The first-order valence-electron chi connectivity index (χ1n) is 5.59. The van der Waals surface area contributed by atoms with Crippen molar-refractivity contribution in [1.82, 2.24) is 10.3 Å². The Morgan fingerprint density at radius 1 is 1.56 bits per heavy atom. The molecule has 1 rings (SSSR count). The van der Waals surface area contributed by atoms with Crippen LogP contribution in [0.1, 0.15) is 32.5 Å². The lowest BCUT2D eigenvalue weighted by Crippen LogP contribution is -2.46. The first kappa shape index (κ1) is 14.0. The molecule has 0 saturated carbocycles. The summed E-state index contributed by atoms with van der Waals surface area (Å²) in [6, 6.07) is 5.23. The van der Waals surface area contributed by atoms with Crippen LogP contribution in [0.2, 0.25) is 0 Å². The molecule has 98 valence electrons. The number of nitrogens with one attached hydrogen (secondary N) is 1. The molecule has 1 atom stereocenters. The SMILES string of the molecule is CC(NC(=O)C(C)(C)C(N)=NO)c1ccccn1. The minimum Gasteiger partial charge on any atom is -0.409 e. The lowest BCUT2D eigenvalue weighted by molar-refractivity contribution is -0.127. The third-order valence-corrected chi connectivity index (χ3v) is 2.79. The van der Waals surface area contributed by atoms with Crippen molar-refractivity contribution in [3.63, 3.8) is 0 Å². The summed E-state index contributed by atoms with van der Waals surface area (Å²) in [6.45, 7) is 4.99. The van der Waals surface area contributed by atoms with Crippen LogP contribution in [0.3, 0.4) is 0 Å². The highest BCUT2D eigenvalue weighted by Gasteiger charge is 2.33. The average molecular weight is 250 g/mol. The fraction of sp³-hybridized carbons (Fsp3) is 0.417. The molecule has 6 heteroatoms. The van der Waals surface area contributed by atoms with Gasteiger partial charge in [0.05, 0.1) is 11.7 Å². The van der Waals surface area contributed by atoms with Gasteiger partial charge in [-0.3, -0.25) is 9.78 Å². The van der Waals surface area contributed by atoms with Crippen LogP contribution in [0.5, 0.6) is 0 Å². The predicted octanol–water partition coefficient (Wildman–Crippen LogP) is 1.03. The van der Waals surface area contributed by atoms with Gasteiger partial charge < -0.3 is 16.3 Å². The molecule has 0 aliphatic rings. The molecule has 0 spiro atoms. The number of rotatable bonds is 4. The number of nitrogens with zero attached hydrogens (tertiary/aromatic N) is 2. The van der Waals surface area contributed by atoms with Crippen LogP contribution in [0.4, 0.5) is 0 Å². The molecule has 0 aliphatic carbocycles.